The summed E-state index contributed by atoms with van der Waals surface area (Å²) in [5.74, 6) is -0.187. The monoisotopic (exact) mass is 252 g/mol. The molecule has 1 saturated carbocycles. The van der Waals surface area contributed by atoms with E-state index < -0.39 is 11.6 Å². The van der Waals surface area contributed by atoms with Gasteiger partial charge < -0.3 is 10.6 Å². The quantitative estimate of drug-likeness (QED) is 0.876. The third-order valence-electron chi connectivity index (χ3n) is 4.43. The van der Waals surface area contributed by atoms with Crippen molar-refractivity contribution in [1.29, 1.82) is 0 Å². The maximum Gasteiger partial charge on any atom is 0.182 e. The smallest absolute Gasteiger partial charge is 0.182 e. The molecule has 2 N–H and O–H groups in total. The summed E-state index contributed by atoms with van der Waals surface area (Å²) in [7, 11) is 0. The SMILES string of the molecule is NCc1ccc(N2CC3CCCC3C2)c(F)c1F. The minimum absolute atomic E-state index is 0.0360. The van der Waals surface area contributed by atoms with Crippen molar-refractivity contribution in [3.05, 3.63) is 29.3 Å². The zero-order valence-corrected chi connectivity index (χ0v) is 10.3. The molecule has 1 saturated heterocycles. The number of benzene rings is 1. The molecule has 3 rings (SSSR count). The van der Waals surface area contributed by atoms with Crippen molar-refractivity contribution in [1.82, 2.24) is 0 Å². The van der Waals surface area contributed by atoms with Gasteiger partial charge in [0.15, 0.2) is 11.6 Å². The number of nitrogens with two attached hydrogens (primary N) is 1. The van der Waals surface area contributed by atoms with Crippen LogP contribution >= 0.6 is 0 Å². The molecule has 0 bridgehead atoms. The first kappa shape index (κ1) is 11.9. The Morgan fingerprint density at radius 3 is 2.39 bits per heavy atom. The predicted molar refractivity (Wildman–Crippen MR) is 67.3 cm³/mol. The zero-order chi connectivity index (χ0) is 12.7. The van der Waals surface area contributed by atoms with E-state index in [0.29, 0.717) is 17.5 Å². The highest BCUT2D eigenvalue weighted by molar-refractivity contribution is 5.51. The Morgan fingerprint density at radius 1 is 1.11 bits per heavy atom. The number of halogens is 2. The van der Waals surface area contributed by atoms with E-state index in [1.807, 2.05) is 4.90 Å². The summed E-state index contributed by atoms with van der Waals surface area (Å²) < 4.78 is 27.7. The maximum absolute atomic E-state index is 14.0. The van der Waals surface area contributed by atoms with Gasteiger partial charge in [-0.3, -0.25) is 0 Å². The minimum atomic E-state index is -0.785. The highest BCUT2D eigenvalue weighted by atomic mass is 19.2. The number of nitrogens with zero attached hydrogens (tertiary/aromatic N) is 1. The van der Waals surface area contributed by atoms with E-state index >= 15 is 0 Å². The van der Waals surface area contributed by atoms with Crippen molar-refractivity contribution in [2.45, 2.75) is 25.8 Å². The van der Waals surface area contributed by atoms with Crippen molar-refractivity contribution in [3.8, 4) is 0 Å². The Hall–Kier alpha value is -1.16. The summed E-state index contributed by atoms with van der Waals surface area (Å²) in [6.45, 7) is 1.76. The first-order valence-corrected chi connectivity index (χ1v) is 6.62. The first-order valence-electron chi connectivity index (χ1n) is 6.62. The molecule has 1 aromatic rings. The van der Waals surface area contributed by atoms with Gasteiger partial charge in [0.25, 0.3) is 0 Å². The molecule has 2 fully saturated rings. The molecule has 2 nitrogen and oxygen atoms in total. The molecule has 1 aliphatic heterocycles. The van der Waals surface area contributed by atoms with Gasteiger partial charge in [-0.15, -0.1) is 0 Å². The fraction of sp³-hybridized carbons (Fsp3) is 0.571. The van der Waals surface area contributed by atoms with Crippen LogP contribution in [0.4, 0.5) is 14.5 Å². The maximum atomic E-state index is 14.0. The van der Waals surface area contributed by atoms with Crippen molar-refractivity contribution in [2.75, 3.05) is 18.0 Å². The number of rotatable bonds is 2. The summed E-state index contributed by atoms with van der Waals surface area (Å²) in [6, 6.07) is 3.27. The van der Waals surface area contributed by atoms with E-state index in [-0.39, 0.29) is 12.1 Å². The number of hydrogen-bond acceptors (Lipinski definition) is 2. The van der Waals surface area contributed by atoms with Crippen molar-refractivity contribution in [2.24, 2.45) is 17.6 Å². The first-order chi connectivity index (χ1) is 8.70. The Bertz CT molecular complexity index is 449. The number of anilines is 1. The Kier molecular flexibility index (Phi) is 2.98. The van der Waals surface area contributed by atoms with Crippen LogP contribution in [0.15, 0.2) is 12.1 Å². The van der Waals surface area contributed by atoms with Crippen LogP contribution in [0.25, 0.3) is 0 Å². The molecule has 18 heavy (non-hydrogen) atoms. The predicted octanol–water partition coefficient (Wildman–Crippen LogP) is 2.66. The van der Waals surface area contributed by atoms with Crippen LogP contribution in [0.2, 0.25) is 0 Å². The molecule has 0 amide bonds. The lowest BCUT2D eigenvalue weighted by molar-refractivity contribution is 0.494. The third kappa shape index (κ3) is 1.79. The van der Waals surface area contributed by atoms with Crippen molar-refractivity contribution in [3.63, 3.8) is 0 Å². The van der Waals surface area contributed by atoms with Crippen LogP contribution in [0.3, 0.4) is 0 Å². The summed E-state index contributed by atoms with van der Waals surface area (Å²) in [4.78, 5) is 1.99. The van der Waals surface area contributed by atoms with Crippen LogP contribution in [-0.2, 0) is 6.54 Å². The van der Waals surface area contributed by atoms with E-state index in [0.717, 1.165) is 13.1 Å². The average molecular weight is 252 g/mol. The average Bonchev–Trinajstić information content (AvgIpc) is 2.93. The van der Waals surface area contributed by atoms with E-state index in [1.165, 1.54) is 19.3 Å². The molecule has 2 unspecified atom stereocenters. The van der Waals surface area contributed by atoms with Crippen LogP contribution in [0.1, 0.15) is 24.8 Å². The molecular formula is C14H18F2N2. The molecule has 0 spiro atoms. The molecule has 2 atom stereocenters. The van der Waals surface area contributed by atoms with E-state index in [1.54, 1.807) is 12.1 Å². The molecule has 2 aliphatic rings. The van der Waals surface area contributed by atoms with Crippen LogP contribution in [-0.4, -0.2) is 13.1 Å². The fourth-order valence-electron chi connectivity index (χ4n) is 3.41. The second-order valence-corrected chi connectivity index (χ2v) is 5.43. The van der Waals surface area contributed by atoms with Gasteiger partial charge in [-0.1, -0.05) is 12.5 Å². The second-order valence-electron chi connectivity index (χ2n) is 5.43. The molecule has 4 heteroatoms. The molecule has 1 heterocycles. The van der Waals surface area contributed by atoms with Gasteiger partial charge in [-0.05, 0) is 30.7 Å². The van der Waals surface area contributed by atoms with E-state index in [2.05, 4.69) is 0 Å². The second kappa shape index (κ2) is 4.50. The standard InChI is InChI=1S/C14H18F2N2/c15-13-9(6-17)4-5-12(14(13)16)18-7-10-2-1-3-11(10)8-18/h4-5,10-11H,1-3,6-8,17H2. The van der Waals surface area contributed by atoms with Gasteiger partial charge in [-0.2, -0.15) is 0 Å². The number of fused-ring (bicyclic) bond motifs is 1. The largest absolute Gasteiger partial charge is 0.369 e. The Balaban J connectivity index is 1.87. The van der Waals surface area contributed by atoms with Gasteiger partial charge in [0.1, 0.15) is 0 Å². The molecule has 0 aromatic heterocycles. The van der Waals surface area contributed by atoms with Crippen LogP contribution < -0.4 is 10.6 Å². The number of hydrogen-bond donors (Lipinski definition) is 1. The summed E-state index contributed by atoms with van der Waals surface area (Å²) in [5.41, 5.74) is 6.03. The third-order valence-corrected chi connectivity index (χ3v) is 4.43. The van der Waals surface area contributed by atoms with Crippen LogP contribution in [0, 0.1) is 23.5 Å². The van der Waals surface area contributed by atoms with Crippen LogP contribution in [0.5, 0.6) is 0 Å². The Morgan fingerprint density at radius 2 is 1.78 bits per heavy atom. The molecule has 1 aliphatic carbocycles. The van der Waals surface area contributed by atoms with Gasteiger partial charge in [0.2, 0.25) is 0 Å². The highest BCUT2D eigenvalue weighted by Crippen LogP contribution is 2.40. The van der Waals surface area contributed by atoms with Gasteiger partial charge >= 0.3 is 0 Å². The zero-order valence-electron chi connectivity index (χ0n) is 10.3. The molecule has 0 radical (unpaired) electrons. The van der Waals surface area contributed by atoms with Crippen molar-refractivity contribution >= 4 is 5.69 Å². The van der Waals surface area contributed by atoms with E-state index in [9.17, 15) is 8.78 Å². The normalized spacial score (nSPS) is 26.7. The molecule has 1 aromatic carbocycles. The fourth-order valence-corrected chi connectivity index (χ4v) is 3.41. The van der Waals surface area contributed by atoms with Gasteiger partial charge in [0.05, 0.1) is 5.69 Å². The lowest BCUT2D eigenvalue weighted by Gasteiger charge is -2.21. The molecule has 98 valence electrons. The topological polar surface area (TPSA) is 29.3 Å². The van der Waals surface area contributed by atoms with Gasteiger partial charge in [0, 0.05) is 25.2 Å². The summed E-state index contributed by atoms with van der Waals surface area (Å²) >= 11 is 0. The highest BCUT2D eigenvalue weighted by Gasteiger charge is 2.37. The molecular weight excluding hydrogens is 234 g/mol. The minimum Gasteiger partial charge on any atom is -0.369 e. The summed E-state index contributed by atoms with van der Waals surface area (Å²) in [5, 5.41) is 0. The lowest BCUT2D eigenvalue weighted by atomic mass is 10.0. The summed E-state index contributed by atoms with van der Waals surface area (Å²) in [6.07, 6.45) is 3.74. The lowest BCUT2D eigenvalue weighted by Crippen LogP contribution is -2.22. The van der Waals surface area contributed by atoms with E-state index in [4.69, 9.17) is 5.73 Å². The van der Waals surface area contributed by atoms with Crippen molar-refractivity contribution < 1.29 is 8.78 Å². The Labute approximate surface area is 106 Å². The van der Waals surface area contributed by atoms with Gasteiger partial charge in [-0.25, -0.2) is 8.78 Å².